The SMILES string of the molecule is COc1ccc(-c2cc3ncccc3c3cc4cc(OC)ccc4n23)cc1. The van der Waals surface area contributed by atoms with E-state index < -0.39 is 0 Å². The van der Waals surface area contributed by atoms with Crippen LogP contribution in [0.2, 0.25) is 0 Å². The van der Waals surface area contributed by atoms with Crippen LogP contribution in [0.1, 0.15) is 0 Å². The molecule has 132 valence electrons. The van der Waals surface area contributed by atoms with Crippen molar-refractivity contribution in [3.8, 4) is 22.8 Å². The summed E-state index contributed by atoms with van der Waals surface area (Å²) in [5.41, 5.74) is 5.46. The second-order valence-electron chi connectivity index (χ2n) is 6.48. The van der Waals surface area contributed by atoms with Crippen molar-refractivity contribution in [2.45, 2.75) is 0 Å². The number of hydrogen-bond donors (Lipinski definition) is 0. The first-order valence-electron chi connectivity index (χ1n) is 8.80. The molecule has 0 aliphatic rings. The van der Waals surface area contributed by atoms with Crippen LogP contribution in [0.15, 0.2) is 72.9 Å². The van der Waals surface area contributed by atoms with Gasteiger partial charge in [0.25, 0.3) is 0 Å². The number of nitrogens with zero attached hydrogens (tertiary/aromatic N) is 2. The molecule has 3 aromatic heterocycles. The molecule has 0 fully saturated rings. The summed E-state index contributed by atoms with van der Waals surface area (Å²) in [5.74, 6) is 1.70. The molecule has 4 heteroatoms. The van der Waals surface area contributed by atoms with Gasteiger partial charge in [0, 0.05) is 17.0 Å². The van der Waals surface area contributed by atoms with Crippen LogP contribution in [0.4, 0.5) is 0 Å². The highest BCUT2D eigenvalue weighted by molar-refractivity contribution is 6.03. The molecule has 0 saturated heterocycles. The van der Waals surface area contributed by atoms with Gasteiger partial charge in [-0.05, 0) is 72.3 Å². The smallest absolute Gasteiger partial charge is 0.119 e. The minimum absolute atomic E-state index is 0.844. The predicted octanol–water partition coefficient (Wildman–Crippen LogP) is 5.32. The minimum Gasteiger partial charge on any atom is -0.497 e. The molecule has 0 bridgehead atoms. The largest absolute Gasteiger partial charge is 0.497 e. The topological polar surface area (TPSA) is 35.8 Å². The van der Waals surface area contributed by atoms with Gasteiger partial charge in [-0.1, -0.05) is 0 Å². The molecule has 3 heterocycles. The zero-order valence-electron chi connectivity index (χ0n) is 15.1. The van der Waals surface area contributed by atoms with Gasteiger partial charge in [0.1, 0.15) is 11.5 Å². The summed E-state index contributed by atoms with van der Waals surface area (Å²) in [6.45, 7) is 0. The maximum absolute atomic E-state index is 5.41. The molecule has 0 aliphatic carbocycles. The minimum atomic E-state index is 0.844. The number of fused-ring (bicyclic) bond motifs is 5. The molecule has 0 spiro atoms. The van der Waals surface area contributed by atoms with Crippen LogP contribution in [0.5, 0.6) is 11.5 Å². The molecular formula is C23H18N2O2. The number of methoxy groups -OCH3 is 2. The van der Waals surface area contributed by atoms with E-state index in [0.717, 1.165) is 50.1 Å². The second-order valence-corrected chi connectivity index (χ2v) is 6.48. The first kappa shape index (κ1) is 15.7. The van der Waals surface area contributed by atoms with E-state index in [-0.39, 0.29) is 0 Å². The highest BCUT2D eigenvalue weighted by atomic mass is 16.5. The van der Waals surface area contributed by atoms with Gasteiger partial charge in [-0.25, -0.2) is 0 Å². The van der Waals surface area contributed by atoms with E-state index in [4.69, 9.17) is 9.47 Å². The Bertz CT molecular complexity index is 1290. The van der Waals surface area contributed by atoms with E-state index in [1.165, 1.54) is 0 Å². The monoisotopic (exact) mass is 354 g/mol. The molecule has 0 atom stereocenters. The van der Waals surface area contributed by atoms with Crippen molar-refractivity contribution in [3.63, 3.8) is 0 Å². The van der Waals surface area contributed by atoms with Crippen LogP contribution >= 0.6 is 0 Å². The average Bonchev–Trinajstić information content (AvgIpc) is 3.12. The van der Waals surface area contributed by atoms with Crippen molar-refractivity contribution in [1.82, 2.24) is 9.38 Å². The summed E-state index contributed by atoms with van der Waals surface area (Å²) < 4.78 is 13.0. The summed E-state index contributed by atoms with van der Waals surface area (Å²) in [7, 11) is 3.37. The molecule has 5 aromatic rings. The van der Waals surface area contributed by atoms with E-state index in [1.54, 1.807) is 14.2 Å². The van der Waals surface area contributed by atoms with Crippen molar-refractivity contribution in [1.29, 1.82) is 0 Å². The quantitative estimate of drug-likeness (QED) is 0.440. The van der Waals surface area contributed by atoms with Gasteiger partial charge < -0.3 is 13.9 Å². The maximum Gasteiger partial charge on any atom is 0.119 e. The van der Waals surface area contributed by atoms with Crippen LogP contribution in [0.25, 0.3) is 38.6 Å². The summed E-state index contributed by atoms with van der Waals surface area (Å²) in [6.07, 6.45) is 1.84. The molecule has 0 radical (unpaired) electrons. The van der Waals surface area contributed by atoms with E-state index >= 15 is 0 Å². The summed E-state index contributed by atoms with van der Waals surface area (Å²) in [6, 6.07) is 22.8. The van der Waals surface area contributed by atoms with Crippen LogP contribution in [0, 0.1) is 0 Å². The first-order chi connectivity index (χ1) is 13.3. The molecule has 0 amide bonds. The highest BCUT2D eigenvalue weighted by Crippen LogP contribution is 2.34. The lowest BCUT2D eigenvalue weighted by atomic mass is 10.1. The van der Waals surface area contributed by atoms with Crippen molar-refractivity contribution < 1.29 is 9.47 Å². The zero-order chi connectivity index (χ0) is 18.4. The summed E-state index contributed by atoms with van der Waals surface area (Å²) in [5, 5.41) is 2.27. The molecule has 4 nitrogen and oxygen atoms in total. The lowest BCUT2D eigenvalue weighted by molar-refractivity contribution is 0.415. The number of aromatic nitrogens is 2. The fourth-order valence-corrected chi connectivity index (χ4v) is 3.70. The van der Waals surface area contributed by atoms with Crippen molar-refractivity contribution >= 4 is 27.3 Å². The zero-order valence-corrected chi connectivity index (χ0v) is 15.1. The Morgan fingerprint density at radius 2 is 1.56 bits per heavy atom. The van der Waals surface area contributed by atoms with Gasteiger partial charge >= 0.3 is 0 Å². The van der Waals surface area contributed by atoms with Gasteiger partial charge in [0.2, 0.25) is 0 Å². The number of ether oxygens (including phenoxy) is 2. The lowest BCUT2D eigenvalue weighted by Gasteiger charge is -2.11. The molecule has 0 saturated carbocycles. The Hall–Kier alpha value is -3.53. The lowest BCUT2D eigenvalue weighted by Crippen LogP contribution is -1.94. The molecule has 0 unspecified atom stereocenters. The van der Waals surface area contributed by atoms with Crippen LogP contribution in [-0.4, -0.2) is 23.6 Å². The molecule has 5 rings (SSSR count). The second kappa shape index (κ2) is 6.02. The van der Waals surface area contributed by atoms with E-state index in [0.29, 0.717) is 0 Å². The fourth-order valence-electron chi connectivity index (χ4n) is 3.70. The van der Waals surface area contributed by atoms with E-state index in [9.17, 15) is 0 Å². The summed E-state index contributed by atoms with van der Waals surface area (Å²) in [4.78, 5) is 4.59. The third kappa shape index (κ3) is 2.41. The van der Waals surface area contributed by atoms with Gasteiger partial charge in [-0.2, -0.15) is 0 Å². The Morgan fingerprint density at radius 3 is 2.33 bits per heavy atom. The van der Waals surface area contributed by atoms with Gasteiger partial charge in [0.15, 0.2) is 0 Å². The van der Waals surface area contributed by atoms with Crippen molar-refractivity contribution in [2.24, 2.45) is 0 Å². The predicted molar refractivity (Wildman–Crippen MR) is 109 cm³/mol. The number of rotatable bonds is 3. The number of hydrogen-bond acceptors (Lipinski definition) is 3. The van der Waals surface area contributed by atoms with Crippen LogP contribution in [0.3, 0.4) is 0 Å². The van der Waals surface area contributed by atoms with Gasteiger partial charge in [0.05, 0.1) is 36.5 Å². The highest BCUT2D eigenvalue weighted by Gasteiger charge is 2.13. The third-order valence-corrected chi connectivity index (χ3v) is 5.02. The Labute approximate surface area is 156 Å². The number of pyridine rings is 2. The summed E-state index contributed by atoms with van der Waals surface area (Å²) >= 11 is 0. The first-order valence-corrected chi connectivity index (χ1v) is 8.80. The van der Waals surface area contributed by atoms with Crippen molar-refractivity contribution in [2.75, 3.05) is 14.2 Å². The molecule has 0 N–H and O–H groups in total. The van der Waals surface area contributed by atoms with Gasteiger partial charge in [-0.15, -0.1) is 0 Å². The van der Waals surface area contributed by atoms with E-state index in [1.807, 2.05) is 30.5 Å². The van der Waals surface area contributed by atoms with Crippen molar-refractivity contribution in [3.05, 3.63) is 72.9 Å². The van der Waals surface area contributed by atoms with Crippen LogP contribution in [-0.2, 0) is 0 Å². The molecule has 2 aromatic carbocycles. The normalized spacial score (nSPS) is 11.3. The Kier molecular flexibility index (Phi) is 3.50. The molecule has 27 heavy (non-hydrogen) atoms. The maximum atomic E-state index is 5.41. The standard InChI is InChI=1S/C23H18N2O2/c1-26-17-7-5-15(6-8-17)22-14-20-19(4-3-11-24-20)23-13-16-12-18(27-2)9-10-21(16)25(22)23/h3-14H,1-2H3. The van der Waals surface area contributed by atoms with E-state index in [2.05, 4.69) is 51.8 Å². The van der Waals surface area contributed by atoms with Gasteiger partial charge in [-0.3, -0.25) is 4.98 Å². The average molecular weight is 354 g/mol. The molecule has 0 aliphatic heterocycles. The Morgan fingerprint density at radius 1 is 0.778 bits per heavy atom. The third-order valence-electron chi connectivity index (χ3n) is 5.02. The number of benzene rings is 2. The fraction of sp³-hybridized carbons (Fsp3) is 0.0870. The Balaban J connectivity index is 1.91. The van der Waals surface area contributed by atoms with Crippen LogP contribution < -0.4 is 9.47 Å². The molecular weight excluding hydrogens is 336 g/mol.